The predicted octanol–water partition coefficient (Wildman–Crippen LogP) is 4.50. The van der Waals surface area contributed by atoms with Crippen molar-refractivity contribution in [3.63, 3.8) is 0 Å². The summed E-state index contributed by atoms with van der Waals surface area (Å²) < 4.78 is 0. The largest absolute Gasteiger partial charge is 0.324 e. The summed E-state index contributed by atoms with van der Waals surface area (Å²) in [6.45, 7) is 3.34. The molecule has 2 rings (SSSR count). The zero-order chi connectivity index (χ0) is 14.5. The first kappa shape index (κ1) is 14.3. The maximum absolute atomic E-state index is 11.1. The fourth-order valence-corrected chi connectivity index (χ4v) is 2.71. The van der Waals surface area contributed by atoms with E-state index in [9.17, 15) is 9.70 Å². The molecule has 20 heavy (non-hydrogen) atoms. The van der Waals surface area contributed by atoms with Crippen molar-refractivity contribution in [1.29, 1.82) is 0 Å². The van der Waals surface area contributed by atoms with Gasteiger partial charge < -0.3 is 5.32 Å². The lowest BCUT2D eigenvalue weighted by atomic mass is 10.2. The lowest BCUT2D eigenvalue weighted by Gasteiger charge is -2.10. The van der Waals surface area contributed by atoms with Crippen LogP contribution in [0.15, 0.2) is 57.4 Å². The number of anilines is 1. The lowest BCUT2D eigenvalue weighted by Crippen LogP contribution is -2.06. The van der Waals surface area contributed by atoms with Crippen LogP contribution < -0.4 is 5.32 Å². The van der Waals surface area contributed by atoms with E-state index in [1.165, 1.54) is 6.92 Å². The highest BCUT2D eigenvalue weighted by Gasteiger charge is 2.10. The first-order valence-corrected chi connectivity index (χ1v) is 6.90. The van der Waals surface area contributed by atoms with Crippen LogP contribution in [-0.2, 0) is 4.79 Å². The van der Waals surface area contributed by atoms with E-state index < -0.39 is 0 Å². The van der Waals surface area contributed by atoms with Crippen molar-refractivity contribution in [3.8, 4) is 0 Å². The number of nitrogens with one attached hydrogen (secondary N) is 1. The van der Waals surface area contributed by atoms with Crippen molar-refractivity contribution >= 4 is 29.0 Å². The Hall–Kier alpha value is -2.14. The van der Waals surface area contributed by atoms with Crippen molar-refractivity contribution in [2.45, 2.75) is 23.6 Å². The van der Waals surface area contributed by atoms with Crippen LogP contribution in [0.3, 0.4) is 0 Å². The minimum atomic E-state index is -0.224. The van der Waals surface area contributed by atoms with E-state index in [-0.39, 0.29) is 11.6 Å². The molecule has 5 heteroatoms. The van der Waals surface area contributed by atoms with E-state index in [0.717, 1.165) is 15.4 Å². The fourth-order valence-electron chi connectivity index (χ4n) is 1.77. The van der Waals surface area contributed by atoms with Gasteiger partial charge in [-0.25, -0.2) is 0 Å². The third-order valence-electron chi connectivity index (χ3n) is 2.67. The van der Waals surface area contributed by atoms with Crippen molar-refractivity contribution in [1.82, 2.24) is 0 Å². The Labute approximate surface area is 121 Å². The average molecular weight is 286 g/mol. The number of rotatable bonds is 4. The van der Waals surface area contributed by atoms with Crippen LogP contribution in [0.1, 0.15) is 12.5 Å². The Morgan fingerprint density at radius 3 is 2.50 bits per heavy atom. The number of amides is 1. The third-order valence-corrected chi connectivity index (χ3v) is 3.84. The molecule has 0 aliphatic carbocycles. The predicted molar refractivity (Wildman–Crippen MR) is 81.5 cm³/mol. The molecule has 0 bridgehead atoms. The molecule has 102 valence electrons. The number of hydrogen-bond acceptors (Lipinski definition) is 4. The van der Waals surface area contributed by atoms with Crippen molar-refractivity contribution in [2.75, 3.05) is 5.32 Å². The van der Waals surface area contributed by atoms with Gasteiger partial charge in [-0.2, -0.15) is 0 Å². The number of nitroso groups, excluding NO2 is 1. The van der Waals surface area contributed by atoms with Gasteiger partial charge in [-0.15, -0.1) is 4.91 Å². The number of aryl methyl sites for hydroxylation is 1. The SMILES string of the molecule is CC(=O)Nc1cc(C)c(Sc2ccccc2)cc1N=O. The minimum absolute atomic E-state index is 0.224. The molecular formula is C15H14N2O2S. The molecular weight excluding hydrogens is 272 g/mol. The molecule has 0 fully saturated rings. The monoisotopic (exact) mass is 286 g/mol. The minimum Gasteiger partial charge on any atom is -0.324 e. The van der Waals surface area contributed by atoms with E-state index in [0.29, 0.717) is 5.69 Å². The highest BCUT2D eigenvalue weighted by Crippen LogP contribution is 2.37. The van der Waals surface area contributed by atoms with Gasteiger partial charge in [0.2, 0.25) is 5.91 Å². The summed E-state index contributed by atoms with van der Waals surface area (Å²) in [5.74, 6) is -0.224. The third kappa shape index (κ3) is 3.45. The van der Waals surface area contributed by atoms with Gasteiger partial charge in [0.1, 0.15) is 5.69 Å². The molecule has 0 aromatic heterocycles. The van der Waals surface area contributed by atoms with Gasteiger partial charge in [-0.1, -0.05) is 30.0 Å². The van der Waals surface area contributed by atoms with Crippen LogP contribution in [0.2, 0.25) is 0 Å². The summed E-state index contributed by atoms with van der Waals surface area (Å²) in [4.78, 5) is 24.1. The summed E-state index contributed by atoms with van der Waals surface area (Å²) in [5.41, 5.74) is 1.67. The lowest BCUT2D eigenvalue weighted by molar-refractivity contribution is -0.114. The molecule has 2 aromatic rings. The standard InChI is InChI=1S/C15H14N2O2S/c1-10-8-13(16-11(2)18)14(17-19)9-15(10)20-12-6-4-3-5-7-12/h3-9H,1-2H3,(H,16,18). The van der Waals surface area contributed by atoms with E-state index >= 15 is 0 Å². The molecule has 0 radical (unpaired) electrons. The van der Waals surface area contributed by atoms with Crippen LogP contribution in [0.5, 0.6) is 0 Å². The molecule has 1 amide bonds. The van der Waals surface area contributed by atoms with Gasteiger partial charge in [0.15, 0.2) is 0 Å². The number of nitrogens with zero attached hydrogens (tertiary/aromatic N) is 1. The maximum atomic E-state index is 11.1. The summed E-state index contributed by atoms with van der Waals surface area (Å²) in [5, 5.41) is 5.60. The Balaban J connectivity index is 2.35. The van der Waals surface area contributed by atoms with E-state index in [1.54, 1.807) is 23.9 Å². The van der Waals surface area contributed by atoms with Gasteiger partial charge in [-0.3, -0.25) is 4.79 Å². The Bertz CT molecular complexity index is 642. The zero-order valence-electron chi connectivity index (χ0n) is 11.2. The Morgan fingerprint density at radius 1 is 1.20 bits per heavy atom. The van der Waals surface area contributed by atoms with Crippen molar-refractivity contribution in [3.05, 3.63) is 52.9 Å². The first-order valence-electron chi connectivity index (χ1n) is 6.08. The molecule has 0 saturated heterocycles. The second-order valence-electron chi connectivity index (χ2n) is 4.32. The van der Waals surface area contributed by atoms with Crippen LogP contribution in [0, 0.1) is 11.8 Å². The van der Waals surface area contributed by atoms with E-state index in [4.69, 9.17) is 0 Å². The fraction of sp³-hybridized carbons (Fsp3) is 0.133. The van der Waals surface area contributed by atoms with E-state index in [2.05, 4.69) is 10.5 Å². The van der Waals surface area contributed by atoms with Gasteiger partial charge in [0.25, 0.3) is 0 Å². The Kier molecular flexibility index (Phi) is 4.53. The number of benzene rings is 2. The summed E-state index contributed by atoms with van der Waals surface area (Å²) in [7, 11) is 0. The van der Waals surface area contributed by atoms with Crippen molar-refractivity contribution in [2.24, 2.45) is 5.18 Å². The van der Waals surface area contributed by atoms with Crippen LogP contribution in [0.25, 0.3) is 0 Å². The second-order valence-corrected chi connectivity index (χ2v) is 5.44. The molecule has 0 heterocycles. The van der Waals surface area contributed by atoms with Gasteiger partial charge in [0, 0.05) is 16.7 Å². The van der Waals surface area contributed by atoms with Crippen molar-refractivity contribution < 1.29 is 4.79 Å². The zero-order valence-corrected chi connectivity index (χ0v) is 12.0. The molecule has 0 aliphatic rings. The summed E-state index contributed by atoms with van der Waals surface area (Å²) in [6, 6.07) is 13.3. The molecule has 2 aromatic carbocycles. The summed E-state index contributed by atoms with van der Waals surface area (Å²) >= 11 is 1.56. The summed E-state index contributed by atoms with van der Waals surface area (Å²) in [6.07, 6.45) is 0. The molecule has 0 aliphatic heterocycles. The van der Waals surface area contributed by atoms with Crippen LogP contribution in [-0.4, -0.2) is 5.91 Å². The smallest absolute Gasteiger partial charge is 0.221 e. The molecule has 0 saturated carbocycles. The Morgan fingerprint density at radius 2 is 1.90 bits per heavy atom. The van der Waals surface area contributed by atoms with Gasteiger partial charge >= 0.3 is 0 Å². The second kappa shape index (κ2) is 6.34. The number of carbonyl (C=O) groups excluding carboxylic acids is 1. The number of hydrogen-bond donors (Lipinski definition) is 1. The first-order chi connectivity index (χ1) is 9.60. The maximum Gasteiger partial charge on any atom is 0.221 e. The van der Waals surface area contributed by atoms with Crippen LogP contribution in [0.4, 0.5) is 11.4 Å². The number of carbonyl (C=O) groups is 1. The van der Waals surface area contributed by atoms with Gasteiger partial charge in [-0.05, 0) is 41.9 Å². The van der Waals surface area contributed by atoms with Gasteiger partial charge in [0.05, 0.1) is 5.69 Å². The molecule has 1 N–H and O–H groups in total. The van der Waals surface area contributed by atoms with E-state index in [1.807, 2.05) is 37.3 Å². The highest BCUT2D eigenvalue weighted by molar-refractivity contribution is 7.99. The highest BCUT2D eigenvalue weighted by atomic mass is 32.2. The average Bonchev–Trinajstić information content (AvgIpc) is 2.42. The molecule has 4 nitrogen and oxygen atoms in total. The molecule has 0 spiro atoms. The van der Waals surface area contributed by atoms with Crippen LogP contribution >= 0.6 is 11.8 Å². The molecule has 0 atom stereocenters. The topological polar surface area (TPSA) is 58.5 Å². The molecule has 0 unspecified atom stereocenters. The normalized spacial score (nSPS) is 10.1. The quantitative estimate of drug-likeness (QED) is 0.842.